The van der Waals surface area contributed by atoms with Crippen molar-refractivity contribution in [1.29, 1.82) is 0 Å². The Kier molecular flexibility index (Phi) is 7.67. The average molecular weight is 670 g/mol. The average Bonchev–Trinajstić information content (AvgIpc) is 4.02. The molecule has 6 heterocycles. The molecule has 9 rings (SSSR count). The lowest BCUT2D eigenvalue weighted by Crippen LogP contribution is -1.90. The largest absolute Gasteiger partial charge is 0.354 e. The molecule has 5 heteroatoms. The second-order valence-corrected chi connectivity index (χ2v) is 13.3. The van der Waals surface area contributed by atoms with Crippen LogP contribution in [0.4, 0.5) is 0 Å². The summed E-state index contributed by atoms with van der Waals surface area (Å²) >= 11 is 0. The first-order chi connectivity index (χ1) is 25.5. The zero-order chi connectivity index (χ0) is 35.2. The third-order valence-corrected chi connectivity index (χ3v) is 9.84. The molecule has 2 N–H and O–H groups in total. The maximum atomic E-state index is 5.39. The molecule has 0 atom stereocenters. The van der Waals surface area contributed by atoms with E-state index in [9.17, 15) is 0 Å². The smallest absolute Gasteiger partial charge is 0.0737 e. The van der Waals surface area contributed by atoms with Gasteiger partial charge in [-0.3, -0.25) is 4.98 Å². The van der Waals surface area contributed by atoms with Crippen LogP contribution in [0.25, 0.3) is 97.0 Å². The maximum absolute atomic E-state index is 5.39. The van der Waals surface area contributed by atoms with Crippen molar-refractivity contribution in [3.63, 3.8) is 0 Å². The van der Waals surface area contributed by atoms with Gasteiger partial charge in [0, 0.05) is 56.7 Å². The number of benzene rings is 3. The van der Waals surface area contributed by atoms with Gasteiger partial charge in [-0.25, -0.2) is 9.97 Å². The minimum absolute atomic E-state index is 0.873. The standard InChI is InChI=1S/C47H35N5/c1-4-31-9-15-34(16-10-31)46-40-19-17-36(49-40)44(32-11-5-29(2)6-12-32)38-21-23-42(51-38)47(35-25-27-48-28-26-35)43-24-22-39(52-43)45(37-18-20-41(46)50-37)33-13-7-30(3)8-14-33/h4-28,49,52H,1H2,2-3H3. The van der Waals surface area contributed by atoms with Gasteiger partial charge < -0.3 is 9.97 Å². The number of fused-ring (bicyclic) bond motifs is 8. The van der Waals surface area contributed by atoms with Crippen LogP contribution in [0, 0.1) is 13.8 Å². The number of hydrogen-bond acceptors (Lipinski definition) is 3. The van der Waals surface area contributed by atoms with E-state index in [0.717, 1.165) is 94.9 Å². The third-order valence-electron chi connectivity index (χ3n) is 9.84. The fourth-order valence-corrected chi connectivity index (χ4v) is 7.17. The van der Waals surface area contributed by atoms with Gasteiger partial charge in [0.05, 0.1) is 22.8 Å². The minimum Gasteiger partial charge on any atom is -0.354 e. The number of rotatable bonds is 5. The number of aromatic amines is 2. The van der Waals surface area contributed by atoms with Crippen LogP contribution >= 0.6 is 0 Å². The van der Waals surface area contributed by atoms with E-state index >= 15 is 0 Å². The summed E-state index contributed by atoms with van der Waals surface area (Å²) in [6.45, 7) is 8.20. The van der Waals surface area contributed by atoms with Gasteiger partial charge in [0.15, 0.2) is 0 Å². The summed E-state index contributed by atoms with van der Waals surface area (Å²) in [5.41, 5.74) is 19.2. The Bertz CT molecular complexity index is 2680. The van der Waals surface area contributed by atoms with Gasteiger partial charge in [0.1, 0.15) is 0 Å². The molecule has 5 nitrogen and oxygen atoms in total. The molecule has 0 unspecified atom stereocenters. The van der Waals surface area contributed by atoms with Crippen molar-refractivity contribution in [2.45, 2.75) is 13.8 Å². The molecule has 7 aromatic rings. The Balaban J connectivity index is 1.46. The van der Waals surface area contributed by atoms with Crippen LogP contribution < -0.4 is 0 Å². The summed E-state index contributed by atoms with van der Waals surface area (Å²) in [5, 5.41) is 0. The highest BCUT2D eigenvalue weighted by Gasteiger charge is 2.19. The molecule has 3 aromatic carbocycles. The Morgan fingerprint density at radius 1 is 0.423 bits per heavy atom. The van der Waals surface area contributed by atoms with Crippen LogP contribution in [0.2, 0.25) is 0 Å². The van der Waals surface area contributed by atoms with Gasteiger partial charge in [-0.1, -0.05) is 96.6 Å². The molecule has 4 aromatic heterocycles. The number of H-pyrrole nitrogens is 2. The van der Waals surface area contributed by atoms with E-state index in [4.69, 9.17) is 9.97 Å². The second-order valence-electron chi connectivity index (χ2n) is 13.3. The number of nitrogens with zero attached hydrogens (tertiary/aromatic N) is 3. The summed E-state index contributed by atoms with van der Waals surface area (Å²) < 4.78 is 0. The second kappa shape index (κ2) is 12.8. The molecule has 0 fully saturated rings. The number of hydrogen-bond donors (Lipinski definition) is 2. The van der Waals surface area contributed by atoms with Gasteiger partial charge in [0.2, 0.25) is 0 Å². The first-order valence-corrected chi connectivity index (χ1v) is 17.5. The first-order valence-electron chi connectivity index (χ1n) is 17.5. The predicted octanol–water partition coefficient (Wildman–Crippen LogP) is 12.0. The number of nitrogens with one attached hydrogen (secondary N) is 2. The Labute approximate surface area is 302 Å². The van der Waals surface area contributed by atoms with Gasteiger partial charge in [-0.2, -0.15) is 0 Å². The molecule has 0 aliphatic carbocycles. The molecule has 0 radical (unpaired) electrons. The van der Waals surface area contributed by atoms with Crippen molar-refractivity contribution in [1.82, 2.24) is 24.9 Å². The van der Waals surface area contributed by atoms with Crippen molar-refractivity contribution >= 4 is 52.4 Å². The van der Waals surface area contributed by atoms with Crippen LogP contribution in [-0.4, -0.2) is 24.9 Å². The van der Waals surface area contributed by atoms with Gasteiger partial charge in [-0.15, -0.1) is 0 Å². The number of aromatic nitrogens is 5. The van der Waals surface area contributed by atoms with Gasteiger partial charge in [-0.05, 0) is 102 Å². The van der Waals surface area contributed by atoms with E-state index < -0.39 is 0 Å². The summed E-state index contributed by atoms with van der Waals surface area (Å²) in [5.74, 6) is 0. The molecule has 2 aliphatic heterocycles. The molecular weight excluding hydrogens is 635 g/mol. The lowest BCUT2D eigenvalue weighted by atomic mass is 10.0. The molecule has 0 saturated carbocycles. The Morgan fingerprint density at radius 2 is 0.750 bits per heavy atom. The fourth-order valence-electron chi connectivity index (χ4n) is 7.17. The van der Waals surface area contributed by atoms with Crippen molar-refractivity contribution in [2.75, 3.05) is 0 Å². The maximum Gasteiger partial charge on any atom is 0.0737 e. The third kappa shape index (κ3) is 5.59. The van der Waals surface area contributed by atoms with Crippen molar-refractivity contribution in [3.05, 3.63) is 168 Å². The zero-order valence-corrected chi connectivity index (χ0v) is 29.0. The molecule has 248 valence electrons. The highest BCUT2D eigenvalue weighted by atomic mass is 14.8. The van der Waals surface area contributed by atoms with E-state index in [0.29, 0.717) is 0 Å². The fraction of sp³-hybridized carbons (Fsp3) is 0.0426. The molecule has 0 saturated heterocycles. The van der Waals surface area contributed by atoms with Crippen LogP contribution in [0.1, 0.15) is 39.5 Å². The normalized spacial score (nSPS) is 12.0. The predicted molar refractivity (Wildman–Crippen MR) is 218 cm³/mol. The molecule has 0 spiro atoms. The van der Waals surface area contributed by atoms with Gasteiger partial charge >= 0.3 is 0 Å². The Morgan fingerprint density at radius 3 is 1.10 bits per heavy atom. The van der Waals surface area contributed by atoms with E-state index in [1.54, 1.807) is 0 Å². The van der Waals surface area contributed by atoms with E-state index in [1.807, 2.05) is 30.6 Å². The highest BCUT2D eigenvalue weighted by molar-refractivity contribution is 5.99. The van der Waals surface area contributed by atoms with Crippen LogP contribution in [0.15, 0.2) is 128 Å². The summed E-state index contributed by atoms with van der Waals surface area (Å²) in [4.78, 5) is 22.7. The van der Waals surface area contributed by atoms with Gasteiger partial charge in [0.25, 0.3) is 0 Å². The summed E-state index contributed by atoms with van der Waals surface area (Å²) in [7, 11) is 0. The summed E-state index contributed by atoms with van der Waals surface area (Å²) in [6, 6.07) is 38.5. The number of pyridine rings is 1. The molecule has 0 amide bonds. The van der Waals surface area contributed by atoms with Crippen molar-refractivity contribution < 1.29 is 0 Å². The van der Waals surface area contributed by atoms with Crippen LogP contribution in [0.3, 0.4) is 0 Å². The van der Waals surface area contributed by atoms with Crippen molar-refractivity contribution in [2.24, 2.45) is 0 Å². The lowest BCUT2D eigenvalue weighted by molar-refractivity contribution is 1.30. The van der Waals surface area contributed by atoms with Crippen LogP contribution in [0.5, 0.6) is 0 Å². The van der Waals surface area contributed by atoms with Crippen molar-refractivity contribution in [3.8, 4) is 44.5 Å². The molecule has 8 bridgehead atoms. The molecule has 52 heavy (non-hydrogen) atoms. The quantitative estimate of drug-likeness (QED) is 0.192. The molecular formula is C47H35N5. The highest BCUT2D eigenvalue weighted by Crippen LogP contribution is 2.38. The SMILES string of the molecule is C=Cc1ccc(-c2c3nc(c(-c4ccc(C)cc4)c4ccc([nH]4)c(-c4ccncc4)c4nc(c(-c5ccc(C)cc5)c5ccc2[nH]5)C=C4)C=C3)cc1. The number of aryl methyl sites for hydroxylation is 2. The van der Waals surface area contributed by atoms with E-state index in [-0.39, 0.29) is 0 Å². The van der Waals surface area contributed by atoms with E-state index in [1.165, 1.54) is 11.1 Å². The Hall–Kier alpha value is -6.85. The lowest BCUT2D eigenvalue weighted by Gasteiger charge is -2.07. The minimum atomic E-state index is 0.873. The first kappa shape index (κ1) is 31.2. The molecule has 2 aliphatic rings. The monoisotopic (exact) mass is 669 g/mol. The van der Waals surface area contributed by atoms with Crippen LogP contribution in [-0.2, 0) is 0 Å². The topological polar surface area (TPSA) is 70.2 Å². The summed E-state index contributed by atoms with van der Waals surface area (Å²) in [6.07, 6.45) is 14.0. The zero-order valence-electron chi connectivity index (χ0n) is 29.0. The van der Waals surface area contributed by atoms with E-state index in [2.05, 4.69) is 157 Å².